The Morgan fingerprint density at radius 3 is 2.65 bits per heavy atom. The van der Waals surface area contributed by atoms with Gasteiger partial charge in [-0.25, -0.2) is 9.59 Å². The number of nitrogens with two attached hydrogens (primary N) is 1. The number of rotatable bonds is 4. The Balaban J connectivity index is 1.26. The van der Waals surface area contributed by atoms with E-state index in [4.69, 9.17) is 5.73 Å². The van der Waals surface area contributed by atoms with Crippen LogP contribution in [-0.4, -0.2) is 70.7 Å². The molecule has 9 nitrogen and oxygen atoms in total. The molecular formula is C22H29N7O2. The Bertz CT molecular complexity index is 1030. The van der Waals surface area contributed by atoms with Crippen molar-refractivity contribution in [1.82, 2.24) is 24.7 Å². The highest BCUT2D eigenvalue weighted by Crippen LogP contribution is 2.44. The van der Waals surface area contributed by atoms with Gasteiger partial charge in [0, 0.05) is 58.1 Å². The van der Waals surface area contributed by atoms with Crippen molar-refractivity contribution < 1.29 is 4.79 Å². The summed E-state index contributed by atoms with van der Waals surface area (Å²) in [6, 6.07) is 7.88. The Hall–Kier alpha value is -2.75. The third-order valence-corrected chi connectivity index (χ3v) is 6.78. The number of anilines is 1. The molecule has 4 N–H and O–H groups in total. The standard InChI is InChI=1S/C22H29N7O2/c1-14-10-16(3-2-15(14)11-27-12-17-18(13-27)20(17)23)29-7-4-19(26-22(29)31)25-21(30)28-8-5-24-6-9-28/h2-4,7,10,17-18,20,24H,5-6,8-9,11-13,23H2,1H3,(H,25,26,30,31)/t17-,18+,20?. The van der Waals surface area contributed by atoms with E-state index in [9.17, 15) is 9.59 Å². The number of piperidine rings is 1. The number of nitrogens with zero attached hydrogens (tertiary/aromatic N) is 4. The molecule has 2 aromatic rings. The number of fused-ring (bicyclic) bond motifs is 1. The van der Waals surface area contributed by atoms with Crippen LogP contribution < -0.4 is 22.1 Å². The number of nitrogens with one attached hydrogen (secondary N) is 2. The van der Waals surface area contributed by atoms with Gasteiger partial charge in [0.1, 0.15) is 5.82 Å². The van der Waals surface area contributed by atoms with Crippen LogP contribution in [0.3, 0.4) is 0 Å². The number of carbonyl (C=O) groups excluding carboxylic acids is 1. The van der Waals surface area contributed by atoms with Gasteiger partial charge in [0.05, 0.1) is 5.69 Å². The van der Waals surface area contributed by atoms with Gasteiger partial charge < -0.3 is 16.0 Å². The zero-order valence-electron chi connectivity index (χ0n) is 17.8. The Kier molecular flexibility index (Phi) is 5.25. The first-order valence-electron chi connectivity index (χ1n) is 10.9. The molecule has 3 fully saturated rings. The summed E-state index contributed by atoms with van der Waals surface area (Å²) in [6.07, 6.45) is 1.66. The number of carbonyl (C=O) groups is 1. The van der Waals surface area contributed by atoms with Crippen LogP contribution in [0, 0.1) is 18.8 Å². The number of amides is 2. The summed E-state index contributed by atoms with van der Waals surface area (Å²) in [7, 11) is 0. The minimum absolute atomic E-state index is 0.230. The molecular weight excluding hydrogens is 394 g/mol. The molecule has 1 aromatic heterocycles. The Morgan fingerprint density at radius 1 is 1.23 bits per heavy atom. The topological polar surface area (TPSA) is 109 Å². The van der Waals surface area contributed by atoms with E-state index in [0.717, 1.165) is 44.0 Å². The Morgan fingerprint density at radius 2 is 1.97 bits per heavy atom. The normalized spacial score (nSPS) is 25.4. The van der Waals surface area contributed by atoms with Crippen LogP contribution in [-0.2, 0) is 6.54 Å². The number of likely N-dealkylation sites (tertiary alicyclic amines) is 1. The van der Waals surface area contributed by atoms with Gasteiger partial charge >= 0.3 is 11.7 Å². The first kappa shape index (κ1) is 20.2. The fourth-order valence-corrected chi connectivity index (χ4v) is 4.76. The van der Waals surface area contributed by atoms with Crippen LogP contribution in [0.5, 0.6) is 0 Å². The monoisotopic (exact) mass is 423 g/mol. The highest BCUT2D eigenvalue weighted by atomic mass is 16.2. The van der Waals surface area contributed by atoms with E-state index in [2.05, 4.69) is 33.5 Å². The van der Waals surface area contributed by atoms with E-state index < -0.39 is 5.69 Å². The van der Waals surface area contributed by atoms with E-state index in [-0.39, 0.29) is 11.8 Å². The van der Waals surface area contributed by atoms with Crippen LogP contribution in [0.2, 0.25) is 0 Å². The third kappa shape index (κ3) is 4.08. The molecule has 0 radical (unpaired) electrons. The number of hydrogen-bond acceptors (Lipinski definition) is 6. The molecule has 2 amide bonds. The van der Waals surface area contributed by atoms with Gasteiger partial charge in [0.15, 0.2) is 0 Å². The molecule has 3 atom stereocenters. The highest BCUT2D eigenvalue weighted by Gasteiger charge is 2.53. The summed E-state index contributed by atoms with van der Waals surface area (Å²) in [4.78, 5) is 33.2. The van der Waals surface area contributed by atoms with E-state index >= 15 is 0 Å². The maximum Gasteiger partial charge on any atom is 0.354 e. The van der Waals surface area contributed by atoms with Crippen molar-refractivity contribution in [3.63, 3.8) is 0 Å². The van der Waals surface area contributed by atoms with Gasteiger partial charge in [0.2, 0.25) is 0 Å². The quantitative estimate of drug-likeness (QED) is 0.656. The van der Waals surface area contributed by atoms with Crippen LogP contribution >= 0.6 is 0 Å². The first-order chi connectivity index (χ1) is 15.0. The molecule has 9 heteroatoms. The van der Waals surface area contributed by atoms with Crippen LogP contribution in [0.15, 0.2) is 35.3 Å². The fraction of sp³-hybridized carbons (Fsp3) is 0.500. The predicted molar refractivity (Wildman–Crippen MR) is 118 cm³/mol. The van der Waals surface area contributed by atoms with Crippen molar-refractivity contribution in [3.05, 3.63) is 52.1 Å². The van der Waals surface area contributed by atoms with Crippen molar-refractivity contribution >= 4 is 11.8 Å². The molecule has 3 heterocycles. The SMILES string of the molecule is Cc1cc(-n2ccc(NC(=O)N3CCNCC3)nc2=O)ccc1CN1C[C@@H]2C(N)[C@@H]2C1. The summed E-state index contributed by atoms with van der Waals surface area (Å²) < 4.78 is 1.50. The molecule has 3 aliphatic rings. The van der Waals surface area contributed by atoms with Gasteiger partial charge in [-0.05, 0) is 48.1 Å². The molecule has 1 saturated carbocycles. The molecule has 0 bridgehead atoms. The van der Waals surface area contributed by atoms with Crippen LogP contribution in [0.25, 0.3) is 5.69 Å². The van der Waals surface area contributed by atoms with Crippen molar-refractivity contribution in [2.24, 2.45) is 17.6 Å². The Labute approximate surface area is 181 Å². The summed E-state index contributed by atoms with van der Waals surface area (Å²) >= 11 is 0. The lowest BCUT2D eigenvalue weighted by atomic mass is 10.1. The van der Waals surface area contributed by atoms with Crippen LogP contribution in [0.1, 0.15) is 11.1 Å². The van der Waals surface area contributed by atoms with Gasteiger partial charge in [-0.15, -0.1) is 0 Å². The molecule has 31 heavy (non-hydrogen) atoms. The smallest absolute Gasteiger partial charge is 0.327 e. The molecule has 164 valence electrons. The minimum atomic E-state index is -0.418. The second-order valence-corrected chi connectivity index (χ2v) is 8.84. The van der Waals surface area contributed by atoms with Crippen molar-refractivity contribution in [2.45, 2.75) is 19.5 Å². The summed E-state index contributed by atoms with van der Waals surface area (Å²) in [5, 5.41) is 5.93. The minimum Gasteiger partial charge on any atom is -0.327 e. The highest BCUT2D eigenvalue weighted by molar-refractivity contribution is 5.88. The average molecular weight is 424 g/mol. The zero-order chi connectivity index (χ0) is 21.5. The number of aromatic nitrogens is 2. The molecule has 1 unspecified atom stereocenters. The lowest BCUT2D eigenvalue weighted by Crippen LogP contribution is -2.48. The number of piperazine rings is 1. The maximum atomic E-state index is 12.6. The number of hydrogen-bond donors (Lipinski definition) is 3. The second-order valence-electron chi connectivity index (χ2n) is 8.84. The lowest BCUT2D eigenvalue weighted by Gasteiger charge is -2.27. The average Bonchev–Trinajstić information content (AvgIpc) is 3.16. The largest absolute Gasteiger partial charge is 0.354 e. The van der Waals surface area contributed by atoms with Gasteiger partial charge in [0.25, 0.3) is 0 Å². The second kappa shape index (κ2) is 8.07. The lowest BCUT2D eigenvalue weighted by molar-refractivity contribution is 0.204. The molecule has 1 aliphatic carbocycles. The van der Waals surface area contributed by atoms with Crippen molar-refractivity contribution in [1.29, 1.82) is 0 Å². The van der Waals surface area contributed by atoms with Crippen molar-refractivity contribution in [2.75, 3.05) is 44.6 Å². The maximum absolute atomic E-state index is 12.6. The fourth-order valence-electron chi connectivity index (χ4n) is 4.76. The number of aryl methyl sites for hydroxylation is 1. The number of benzene rings is 1. The number of urea groups is 1. The molecule has 2 aliphatic heterocycles. The first-order valence-corrected chi connectivity index (χ1v) is 10.9. The zero-order valence-corrected chi connectivity index (χ0v) is 17.8. The van der Waals surface area contributed by atoms with E-state index in [1.807, 2.05) is 12.1 Å². The van der Waals surface area contributed by atoms with Crippen molar-refractivity contribution in [3.8, 4) is 5.69 Å². The van der Waals surface area contributed by atoms with Crippen LogP contribution in [0.4, 0.5) is 10.6 Å². The van der Waals surface area contributed by atoms with Gasteiger partial charge in [-0.2, -0.15) is 4.98 Å². The van der Waals surface area contributed by atoms with E-state index in [1.165, 1.54) is 10.1 Å². The summed E-state index contributed by atoms with van der Waals surface area (Å²) in [5.41, 5.74) is 8.80. The molecule has 0 spiro atoms. The summed E-state index contributed by atoms with van der Waals surface area (Å²) in [6.45, 7) is 7.96. The summed E-state index contributed by atoms with van der Waals surface area (Å²) in [5.74, 6) is 1.62. The van der Waals surface area contributed by atoms with Gasteiger partial charge in [-0.1, -0.05) is 6.07 Å². The molecule has 1 aromatic carbocycles. The van der Waals surface area contributed by atoms with E-state index in [0.29, 0.717) is 31.0 Å². The predicted octanol–water partition coefficient (Wildman–Crippen LogP) is 0.367. The van der Waals surface area contributed by atoms with E-state index in [1.54, 1.807) is 17.2 Å². The van der Waals surface area contributed by atoms with Gasteiger partial charge in [-0.3, -0.25) is 14.8 Å². The third-order valence-electron chi connectivity index (χ3n) is 6.78. The molecule has 5 rings (SSSR count). The molecule has 2 saturated heterocycles.